The summed E-state index contributed by atoms with van der Waals surface area (Å²) >= 11 is 0. The fraction of sp³-hybridized carbons (Fsp3) is 0.538. The molecule has 0 aromatic heterocycles. The molecule has 1 aromatic carbocycles. The van der Waals surface area contributed by atoms with Gasteiger partial charge in [0.1, 0.15) is 16.4 Å². The molecule has 0 saturated carbocycles. The fourth-order valence-corrected chi connectivity index (χ4v) is 2.79. The van der Waals surface area contributed by atoms with Gasteiger partial charge in [-0.1, -0.05) is 0 Å². The Morgan fingerprint density at radius 2 is 1.95 bits per heavy atom. The average Bonchev–Trinajstić information content (AvgIpc) is 2.40. The number of hydrogen-bond acceptors (Lipinski definition) is 4. The zero-order chi connectivity index (χ0) is 16.2. The third-order valence-electron chi connectivity index (χ3n) is 3.24. The molecule has 3 N–H and O–H groups in total. The number of hydrogen-bond donors (Lipinski definition) is 2. The van der Waals surface area contributed by atoms with Crippen molar-refractivity contribution in [2.24, 2.45) is 0 Å². The van der Waals surface area contributed by atoms with Crippen LogP contribution in [0, 0.1) is 11.6 Å². The van der Waals surface area contributed by atoms with Crippen molar-refractivity contribution in [3.8, 4) is 0 Å². The van der Waals surface area contributed by atoms with Gasteiger partial charge < -0.3 is 10.6 Å². The molecule has 0 aliphatic rings. The molecule has 0 unspecified atom stereocenters. The van der Waals surface area contributed by atoms with Crippen LogP contribution in [-0.2, 0) is 10.0 Å². The average molecular weight is 321 g/mol. The van der Waals surface area contributed by atoms with E-state index in [1.54, 1.807) is 0 Å². The molecule has 1 rings (SSSR count). The molecular formula is C13H21F2N3O2S. The summed E-state index contributed by atoms with van der Waals surface area (Å²) in [6.07, 6.45) is 0.576. The number of nitrogens with two attached hydrogens (primary N) is 1. The summed E-state index contributed by atoms with van der Waals surface area (Å²) in [6, 6.07) is 2.05. The summed E-state index contributed by atoms with van der Waals surface area (Å²) in [7, 11) is -2.11. The second-order valence-electron chi connectivity index (χ2n) is 5.10. The van der Waals surface area contributed by atoms with E-state index in [2.05, 4.69) is 9.62 Å². The first kappa shape index (κ1) is 17.8. The molecule has 0 bridgehead atoms. The minimum Gasteiger partial charge on any atom is -0.394 e. The first-order valence-electron chi connectivity index (χ1n) is 6.60. The molecule has 0 fully saturated rings. The van der Waals surface area contributed by atoms with E-state index in [1.165, 1.54) is 0 Å². The Hall–Kier alpha value is -1.25. The number of halogens is 2. The van der Waals surface area contributed by atoms with Crippen LogP contribution in [0.4, 0.5) is 14.5 Å². The molecule has 1 aromatic rings. The van der Waals surface area contributed by atoms with Gasteiger partial charge in [0, 0.05) is 12.6 Å². The Morgan fingerprint density at radius 3 is 2.52 bits per heavy atom. The van der Waals surface area contributed by atoms with Gasteiger partial charge in [0.15, 0.2) is 5.82 Å². The monoisotopic (exact) mass is 321 g/mol. The molecule has 8 heteroatoms. The summed E-state index contributed by atoms with van der Waals surface area (Å²) < 4.78 is 52.9. The van der Waals surface area contributed by atoms with Crippen molar-refractivity contribution in [1.29, 1.82) is 0 Å². The second kappa shape index (κ2) is 7.15. The highest BCUT2D eigenvalue weighted by Gasteiger charge is 2.22. The maximum atomic E-state index is 13.7. The SMILES string of the molecule is CC(C)N(C)CCCNS(=O)(=O)c1ccc(F)c(N)c1F. The van der Waals surface area contributed by atoms with Crippen molar-refractivity contribution in [2.45, 2.75) is 31.2 Å². The predicted octanol–water partition coefficient (Wildman–Crippen LogP) is 1.56. The number of nitrogen functional groups attached to an aromatic ring is 1. The fourth-order valence-electron chi connectivity index (χ4n) is 1.63. The van der Waals surface area contributed by atoms with Gasteiger partial charge in [0.05, 0.1) is 0 Å². The van der Waals surface area contributed by atoms with Crippen LogP contribution in [0.2, 0.25) is 0 Å². The Kier molecular flexibility index (Phi) is 6.06. The molecule has 0 amide bonds. The second-order valence-corrected chi connectivity index (χ2v) is 6.83. The summed E-state index contributed by atoms with van der Waals surface area (Å²) in [6.45, 7) is 4.92. The van der Waals surface area contributed by atoms with Gasteiger partial charge in [-0.25, -0.2) is 21.9 Å². The zero-order valence-corrected chi connectivity index (χ0v) is 13.2. The molecule has 120 valence electrons. The third-order valence-corrected chi connectivity index (χ3v) is 4.72. The normalized spacial score (nSPS) is 12.3. The molecule has 0 aliphatic carbocycles. The third kappa shape index (κ3) is 4.62. The van der Waals surface area contributed by atoms with Crippen LogP contribution in [0.25, 0.3) is 0 Å². The Bertz CT molecular complexity index is 591. The van der Waals surface area contributed by atoms with Gasteiger partial charge in [0.2, 0.25) is 10.0 Å². The maximum Gasteiger partial charge on any atom is 0.243 e. The summed E-state index contributed by atoms with van der Waals surface area (Å²) in [5.41, 5.74) is 4.36. The van der Waals surface area contributed by atoms with Gasteiger partial charge in [-0.05, 0) is 46.0 Å². The van der Waals surface area contributed by atoms with Crippen molar-refractivity contribution in [1.82, 2.24) is 9.62 Å². The van der Waals surface area contributed by atoms with Crippen LogP contribution in [0.1, 0.15) is 20.3 Å². The first-order chi connectivity index (χ1) is 9.66. The maximum absolute atomic E-state index is 13.7. The molecule has 0 saturated heterocycles. The highest BCUT2D eigenvalue weighted by atomic mass is 32.2. The molecular weight excluding hydrogens is 300 g/mol. The Morgan fingerprint density at radius 1 is 1.33 bits per heavy atom. The van der Waals surface area contributed by atoms with E-state index >= 15 is 0 Å². The minimum atomic E-state index is -4.04. The molecule has 0 spiro atoms. The minimum absolute atomic E-state index is 0.163. The van der Waals surface area contributed by atoms with E-state index in [1.807, 2.05) is 20.9 Å². The van der Waals surface area contributed by atoms with Gasteiger partial charge in [-0.15, -0.1) is 0 Å². The summed E-state index contributed by atoms with van der Waals surface area (Å²) in [5, 5.41) is 0. The topological polar surface area (TPSA) is 75.4 Å². The van der Waals surface area contributed by atoms with Crippen LogP contribution >= 0.6 is 0 Å². The van der Waals surface area contributed by atoms with Crippen molar-refractivity contribution >= 4 is 15.7 Å². The van der Waals surface area contributed by atoms with Crippen molar-refractivity contribution < 1.29 is 17.2 Å². The van der Waals surface area contributed by atoms with Crippen molar-refractivity contribution in [2.75, 3.05) is 25.9 Å². The lowest BCUT2D eigenvalue weighted by molar-refractivity contribution is 0.271. The first-order valence-corrected chi connectivity index (χ1v) is 8.08. The van der Waals surface area contributed by atoms with Crippen LogP contribution in [0.5, 0.6) is 0 Å². The number of rotatable bonds is 7. The zero-order valence-electron chi connectivity index (χ0n) is 12.4. The van der Waals surface area contributed by atoms with Crippen LogP contribution < -0.4 is 10.5 Å². The van der Waals surface area contributed by atoms with Gasteiger partial charge in [0.25, 0.3) is 0 Å². The summed E-state index contributed by atoms with van der Waals surface area (Å²) in [5.74, 6) is -2.24. The lowest BCUT2D eigenvalue weighted by Gasteiger charge is -2.20. The Balaban J connectivity index is 2.69. The molecule has 0 radical (unpaired) electrons. The number of benzene rings is 1. The van der Waals surface area contributed by atoms with E-state index in [-0.39, 0.29) is 6.54 Å². The van der Waals surface area contributed by atoms with Gasteiger partial charge in [-0.2, -0.15) is 0 Å². The van der Waals surface area contributed by atoms with Gasteiger partial charge >= 0.3 is 0 Å². The highest BCUT2D eigenvalue weighted by molar-refractivity contribution is 7.89. The standard InChI is InChI=1S/C13H21F2N3O2S/c1-9(2)18(3)8-4-7-17-21(19,20)11-6-5-10(14)13(16)12(11)15/h5-6,9,17H,4,7-8,16H2,1-3H3. The highest BCUT2D eigenvalue weighted by Crippen LogP contribution is 2.22. The largest absolute Gasteiger partial charge is 0.394 e. The molecule has 0 heterocycles. The smallest absolute Gasteiger partial charge is 0.243 e. The number of nitrogens with one attached hydrogen (secondary N) is 1. The van der Waals surface area contributed by atoms with E-state index in [0.717, 1.165) is 12.1 Å². The van der Waals surface area contributed by atoms with Crippen LogP contribution in [-0.4, -0.2) is 39.5 Å². The van der Waals surface area contributed by atoms with Gasteiger partial charge in [-0.3, -0.25) is 0 Å². The summed E-state index contributed by atoms with van der Waals surface area (Å²) in [4.78, 5) is 1.42. The van der Waals surface area contributed by atoms with Crippen molar-refractivity contribution in [3.63, 3.8) is 0 Å². The van der Waals surface area contributed by atoms with Crippen LogP contribution in [0.3, 0.4) is 0 Å². The van der Waals surface area contributed by atoms with E-state index in [9.17, 15) is 17.2 Å². The number of sulfonamides is 1. The number of nitrogens with zero attached hydrogens (tertiary/aromatic N) is 1. The number of anilines is 1. The lowest BCUT2D eigenvalue weighted by atomic mass is 10.3. The van der Waals surface area contributed by atoms with E-state index < -0.39 is 32.2 Å². The molecule has 5 nitrogen and oxygen atoms in total. The van der Waals surface area contributed by atoms with E-state index in [0.29, 0.717) is 19.0 Å². The van der Waals surface area contributed by atoms with E-state index in [4.69, 9.17) is 5.73 Å². The quantitative estimate of drug-likeness (QED) is 0.590. The Labute approximate surface area is 124 Å². The lowest BCUT2D eigenvalue weighted by Crippen LogP contribution is -2.31. The molecule has 0 atom stereocenters. The predicted molar refractivity (Wildman–Crippen MR) is 78.3 cm³/mol. The molecule has 21 heavy (non-hydrogen) atoms. The van der Waals surface area contributed by atoms with Crippen LogP contribution in [0.15, 0.2) is 17.0 Å². The van der Waals surface area contributed by atoms with Crippen molar-refractivity contribution in [3.05, 3.63) is 23.8 Å². The molecule has 0 aliphatic heterocycles.